The third kappa shape index (κ3) is 3.88. The molecule has 3 aromatic rings. The predicted molar refractivity (Wildman–Crippen MR) is 114 cm³/mol. The second kappa shape index (κ2) is 8.04. The Morgan fingerprint density at radius 1 is 1.40 bits per heavy atom. The Balaban J connectivity index is 1.42. The fourth-order valence-electron chi connectivity index (χ4n) is 3.58. The van der Waals surface area contributed by atoms with E-state index < -0.39 is 5.69 Å². The lowest BCUT2D eigenvalue weighted by Gasteiger charge is -2.17. The van der Waals surface area contributed by atoms with Gasteiger partial charge in [-0.3, -0.25) is 19.1 Å². The van der Waals surface area contributed by atoms with E-state index in [1.807, 2.05) is 13.0 Å². The SMILES string of the molecule is CNC(=O)c1ccc(OC2CCN(Cc3cc4[nH]c(=O)n(C)c(=O)c4s3)C2)c(C)n1. The minimum Gasteiger partial charge on any atom is -0.487 e. The standard InChI is InChI=1S/C20H23N5O4S/c1-11-16(5-4-14(22-11)18(26)21-2)29-12-6-7-25(9-12)10-13-8-15-17(30-13)19(27)24(3)20(28)23-15/h4-5,8,12H,6-7,9-10H2,1-3H3,(H,21,26)(H,23,28). The largest absolute Gasteiger partial charge is 0.487 e. The van der Waals surface area contributed by atoms with Gasteiger partial charge >= 0.3 is 5.69 Å². The fourth-order valence-corrected chi connectivity index (χ4v) is 4.71. The molecule has 1 unspecified atom stereocenters. The first-order chi connectivity index (χ1) is 14.4. The molecule has 0 spiro atoms. The van der Waals surface area contributed by atoms with Gasteiger partial charge in [-0.2, -0.15) is 0 Å². The van der Waals surface area contributed by atoms with Crippen LogP contribution in [0.2, 0.25) is 0 Å². The highest BCUT2D eigenvalue weighted by Gasteiger charge is 2.25. The third-order valence-corrected chi connectivity index (χ3v) is 6.34. The highest BCUT2D eigenvalue weighted by Crippen LogP contribution is 2.25. The number of thiophene rings is 1. The van der Waals surface area contributed by atoms with Crippen molar-refractivity contribution >= 4 is 27.5 Å². The van der Waals surface area contributed by atoms with Crippen LogP contribution in [0.1, 0.15) is 27.5 Å². The number of nitrogens with one attached hydrogen (secondary N) is 2. The van der Waals surface area contributed by atoms with E-state index in [9.17, 15) is 14.4 Å². The molecule has 1 aliphatic rings. The lowest BCUT2D eigenvalue weighted by molar-refractivity contribution is 0.0957. The van der Waals surface area contributed by atoms with E-state index in [4.69, 9.17) is 4.74 Å². The van der Waals surface area contributed by atoms with Gasteiger partial charge in [-0.05, 0) is 31.5 Å². The van der Waals surface area contributed by atoms with Crippen LogP contribution in [-0.2, 0) is 13.6 Å². The highest BCUT2D eigenvalue weighted by molar-refractivity contribution is 7.18. The van der Waals surface area contributed by atoms with Gasteiger partial charge in [0, 0.05) is 38.6 Å². The van der Waals surface area contributed by atoms with Gasteiger partial charge in [-0.25, -0.2) is 9.78 Å². The zero-order chi connectivity index (χ0) is 21.4. The van der Waals surface area contributed by atoms with Crippen molar-refractivity contribution in [1.29, 1.82) is 0 Å². The number of aromatic amines is 1. The molecular formula is C20H23N5O4S. The Labute approximate surface area is 176 Å². The molecule has 1 amide bonds. The molecule has 158 valence electrons. The number of hydrogen-bond donors (Lipinski definition) is 2. The minimum atomic E-state index is -0.405. The van der Waals surface area contributed by atoms with Gasteiger partial charge in [-0.15, -0.1) is 11.3 Å². The molecule has 0 aliphatic carbocycles. The maximum atomic E-state index is 12.3. The molecule has 4 heterocycles. The average Bonchev–Trinajstić information content (AvgIpc) is 3.34. The molecule has 4 rings (SSSR count). The molecule has 1 atom stereocenters. The van der Waals surface area contributed by atoms with Crippen LogP contribution < -0.4 is 21.3 Å². The summed E-state index contributed by atoms with van der Waals surface area (Å²) in [5.74, 6) is 0.452. The third-order valence-electron chi connectivity index (χ3n) is 5.23. The van der Waals surface area contributed by atoms with Crippen LogP contribution in [-0.4, -0.2) is 51.6 Å². The van der Waals surface area contributed by atoms with E-state index in [1.54, 1.807) is 19.2 Å². The maximum absolute atomic E-state index is 12.3. The summed E-state index contributed by atoms with van der Waals surface area (Å²) in [5, 5.41) is 2.56. The van der Waals surface area contributed by atoms with Crippen molar-refractivity contribution in [2.45, 2.75) is 26.0 Å². The number of aryl methyl sites for hydroxylation is 1. The van der Waals surface area contributed by atoms with Crippen molar-refractivity contribution in [1.82, 2.24) is 24.8 Å². The normalized spacial score (nSPS) is 16.8. The van der Waals surface area contributed by atoms with Crippen LogP contribution >= 0.6 is 11.3 Å². The maximum Gasteiger partial charge on any atom is 0.328 e. The molecule has 0 radical (unpaired) electrons. The number of pyridine rings is 1. The van der Waals surface area contributed by atoms with Crippen molar-refractivity contribution in [3.63, 3.8) is 0 Å². The number of ether oxygens (including phenoxy) is 1. The summed E-state index contributed by atoms with van der Waals surface area (Å²) in [5.41, 5.74) is 0.963. The van der Waals surface area contributed by atoms with Crippen LogP contribution in [0.4, 0.5) is 0 Å². The number of hydrogen-bond acceptors (Lipinski definition) is 7. The van der Waals surface area contributed by atoms with Crippen molar-refractivity contribution in [3.05, 3.63) is 55.3 Å². The van der Waals surface area contributed by atoms with E-state index in [1.165, 1.54) is 18.4 Å². The average molecular weight is 430 g/mol. The summed E-state index contributed by atoms with van der Waals surface area (Å²) >= 11 is 1.41. The number of rotatable bonds is 5. The van der Waals surface area contributed by atoms with Gasteiger partial charge in [-0.1, -0.05) is 0 Å². The summed E-state index contributed by atoms with van der Waals surface area (Å²) in [6, 6.07) is 5.32. The molecule has 0 aromatic carbocycles. The minimum absolute atomic E-state index is 0.0263. The molecule has 0 bridgehead atoms. The molecule has 10 heteroatoms. The Kier molecular flexibility index (Phi) is 5.44. The number of amides is 1. The Morgan fingerprint density at radius 2 is 2.20 bits per heavy atom. The number of carbonyl (C=O) groups is 1. The molecule has 9 nitrogen and oxygen atoms in total. The number of aromatic nitrogens is 3. The summed E-state index contributed by atoms with van der Waals surface area (Å²) in [7, 11) is 3.05. The molecule has 2 N–H and O–H groups in total. The highest BCUT2D eigenvalue weighted by atomic mass is 32.1. The van der Waals surface area contributed by atoms with E-state index in [0.717, 1.165) is 29.0 Å². The number of fused-ring (bicyclic) bond motifs is 1. The first-order valence-corrected chi connectivity index (χ1v) is 10.5. The molecule has 30 heavy (non-hydrogen) atoms. The lowest BCUT2D eigenvalue weighted by Crippen LogP contribution is -2.31. The molecular weight excluding hydrogens is 406 g/mol. The number of carbonyl (C=O) groups excluding carboxylic acids is 1. The second-order valence-corrected chi connectivity index (χ2v) is 8.51. The Bertz CT molecular complexity index is 1230. The topological polar surface area (TPSA) is 109 Å². The zero-order valence-electron chi connectivity index (χ0n) is 17.0. The zero-order valence-corrected chi connectivity index (χ0v) is 17.8. The summed E-state index contributed by atoms with van der Waals surface area (Å²) in [6.45, 7) is 4.14. The van der Waals surface area contributed by atoms with E-state index >= 15 is 0 Å². The molecule has 1 aliphatic heterocycles. The summed E-state index contributed by atoms with van der Waals surface area (Å²) in [6.07, 6.45) is 0.901. The van der Waals surface area contributed by atoms with Gasteiger partial charge in [0.05, 0.1) is 11.2 Å². The number of nitrogens with zero attached hydrogens (tertiary/aromatic N) is 3. The predicted octanol–water partition coefficient (Wildman–Crippen LogP) is 1.00. The van der Waals surface area contributed by atoms with Crippen LogP contribution in [0.3, 0.4) is 0 Å². The lowest BCUT2D eigenvalue weighted by atomic mass is 10.2. The first kappa shape index (κ1) is 20.3. The molecule has 1 saturated heterocycles. The van der Waals surface area contributed by atoms with Crippen LogP contribution in [0, 0.1) is 6.92 Å². The van der Waals surface area contributed by atoms with Gasteiger partial charge in [0.25, 0.3) is 11.5 Å². The van der Waals surface area contributed by atoms with Crippen LogP contribution in [0.25, 0.3) is 10.2 Å². The Hall–Kier alpha value is -2.98. The molecule has 0 saturated carbocycles. The summed E-state index contributed by atoms with van der Waals surface area (Å²) < 4.78 is 7.78. The van der Waals surface area contributed by atoms with Gasteiger partial charge in [0.1, 0.15) is 22.2 Å². The van der Waals surface area contributed by atoms with Crippen LogP contribution in [0.5, 0.6) is 5.75 Å². The number of H-pyrrole nitrogens is 1. The van der Waals surface area contributed by atoms with Gasteiger partial charge in [0.2, 0.25) is 0 Å². The molecule has 1 fully saturated rings. The van der Waals surface area contributed by atoms with E-state index in [-0.39, 0.29) is 17.6 Å². The first-order valence-electron chi connectivity index (χ1n) is 9.66. The summed E-state index contributed by atoms with van der Waals surface area (Å²) in [4.78, 5) is 46.1. The smallest absolute Gasteiger partial charge is 0.328 e. The van der Waals surface area contributed by atoms with Crippen molar-refractivity contribution in [2.75, 3.05) is 20.1 Å². The van der Waals surface area contributed by atoms with Crippen molar-refractivity contribution < 1.29 is 9.53 Å². The van der Waals surface area contributed by atoms with Gasteiger partial charge in [0.15, 0.2) is 0 Å². The van der Waals surface area contributed by atoms with Crippen molar-refractivity contribution in [2.24, 2.45) is 7.05 Å². The van der Waals surface area contributed by atoms with Crippen molar-refractivity contribution in [3.8, 4) is 5.75 Å². The van der Waals surface area contributed by atoms with Gasteiger partial charge < -0.3 is 15.0 Å². The second-order valence-electron chi connectivity index (χ2n) is 7.37. The Morgan fingerprint density at radius 3 is 2.93 bits per heavy atom. The quantitative estimate of drug-likeness (QED) is 0.626. The van der Waals surface area contributed by atoms with Crippen LogP contribution in [0.15, 0.2) is 27.8 Å². The monoisotopic (exact) mass is 429 g/mol. The van der Waals surface area contributed by atoms with E-state index in [2.05, 4.69) is 20.2 Å². The molecule has 3 aromatic heterocycles. The number of likely N-dealkylation sites (tertiary alicyclic amines) is 1. The fraction of sp³-hybridized carbons (Fsp3) is 0.400. The van der Waals surface area contributed by atoms with E-state index in [0.29, 0.717) is 33.9 Å².